The highest BCUT2D eigenvalue weighted by atomic mass is 16.5. The van der Waals surface area contributed by atoms with Gasteiger partial charge in [-0.2, -0.15) is 4.98 Å². The Morgan fingerprint density at radius 3 is 2.93 bits per heavy atom. The van der Waals surface area contributed by atoms with Gasteiger partial charge >= 0.3 is 0 Å². The molecule has 2 heterocycles. The predicted octanol–water partition coefficient (Wildman–Crippen LogP) is 0.849. The lowest BCUT2D eigenvalue weighted by Crippen LogP contribution is -2.17. The van der Waals surface area contributed by atoms with E-state index < -0.39 is 0 Å². The van der Waals surface area contributed by atoms with Crippen molar-refractivity contribution in [2.24, 2.45) is 5.92 Å². The molecule has 0 aliphatic carbocycles. The lowest BCUT2D eigenvalue weighted by molar-refractivity contribution is 0.339. The minimum absolute atomic E-state index is 0.372. The van der Waals surface area contributed by atoms with E-state index >= 15 is 0 Å². The van der Waals surface area contributed by atoms with Crippen LogP contribution in [-0.2, 0) is 0 Å². The van der Waals surface area contributed by atoms with Crippen LogP contribution in [0.3, 0.4) is 0 Å². The van der Waals surface area contributed by atoms with Crippen LogP contribution < -0.4 is 10.2 Å². The van der Waals surface area contributed by atoms with Crippen molar-refractivity contribution < 1.29 is 4.52 Å². The third-order valence-electron chi connectivity index (χ3n) is 3.08. The Morgan fingerprint density at radius 1 is 1.53 bits per heavy atom. The molecule has 1 fully saturated rings. The number of nitrogens with one attached hydrogen (secondary N) is 1. The molecule has 2 atom stereocenters. The first kappa shape index (κ1) is 10.4. The van der Waals surface area contributed by atoms with E-state index in [1.165, 1.54) is 0 Å². The van der Waals surface area contributed by atoms with Crippen molar-refractivity contribution in [1.82, 2.24) is 15.5 Å². The normalized spacial score (nSPS) is 25.8. The number of hydrogen-bond donors (Lipinski definition) is 1. The molecule has 0 spiro atoms. The Kier molecular flexibility index (Phi) is 2.90. The zero-order valence-corrected chi connectivity index (χ0v) is 9.53. The summed E-state index contributed by atoms with van der Waals surface area (Å²) >= 11 is 0. The average molecular weight is 210 g/mol. The highest BCUT2D eigenvalue weighted by Crippen LogP contribution is 2.27. The van der Waals surface area contributed by atoms with Gasteiger partial charge in [-0.15, -0.1) is 0 Å². The van der Waals surface area contributed by atoms with Crippen molar-refractivity contribution in [3.63, 3.8) is 0 Å². The smallest absolute Gasteiger partial charge is 0.265 e. The monoisotopic (exact) mass is 210 g/mol. The second-order valence-corrected chi connectivity index (χ2v) is 4.19. The fourth-order valence-electron chi connectivity index (χ4n) is 1.81. The van der Waals surface area contributed by atoms with Gasteiger partial charge in [-0.25, -0.2) is 0 Å². The molecule has 2 rings (SSSR count). The number of nitrogens with zero attached hydrogens (tertiary/aromatic N) is 3. The lowest BCUT2D eigenvalue weighted by Gasteiger charge is -2.10. The summed E-state index contributed by atoms with van der Waals surface area (Å²) in [6, 6.07) is 0. The number of aromatic nitrogens is 2. The Bertz CT molecular complexity index is 325. The van der Waals surface area contributed by atoms with Crippen molar-refractivity contribution in [2.75, 3.05) is 31.6 Å². The van der Waals surface area contributed by atoms with E-state index in [9.17, 15) is 0 Å². The zero-order valence-electron chi connectivity index (χ0n) is 9.53. The van der Waals surface area contributed by atoms with Gasteiger partial charge in [-0.1, -0.05) is 6.92 Å². The van der Waals surface area contributed by atoms with Crippen molar-refractivity contribution in [3.05, 3.63) is 5.89 Å². The molecule has 84 valence electrons. The molecule has 1 saturated heterocycles. The van der Waals surface area contributed by atoms with Crippen molar-refractivity contribution in [3.8, 4) is 0 Å². The first-order valence-corrected chi connectivity index (χ1v) is 5.47. The van der Waals surface area contributed by atoms with Gasteiger partial charge in [0.25, 0.3) is 5.95 Å². The summed E-state index contributed by atoms with van der Waals surface area (Å²) in [6.45, 7) is 7.13. The van der Waals surface area contributed by atoms with E-state index in [1.54, 1.807) is 0 Å². The highest BCUT2D eigenvalue weighted by molar-refractivity contribution is 5.26. The minimum atomic E-state index is 0.372. The number of rotatable bonds is 3. The third kappa shape index (κ3) is 1.97. The minimum Gasteiger partial charge on any atom is -0.342 e. The summed E-state index contributed by atoms with van der Waals surface area (Å²) in [6.07, 6.45) is 0. The van der Waals surface area contributed by atoms with Crippen LogP contribution in [0.1, 0.15) is 25.7 Å². The van der Waals surface area contributed by atoms with Gasteiger partial charge < -0.3 is 14.7 Å². The summed E-state index contributed by atoms with van der Waals surface area (Å²) in [4.78, 5) is 6.39. The molecule has 0 bridgehead atoms. The zero-order chi connectivity index (χ0) is 10.8. The van der Waals surface area contributed by atoms with Crippen LogP contribution in [0.5, 0.6) is 0 Å². The highest BCUT2D eigenvalue weighted by Gasteiger charge is 2.29. The molecule has 1 aromatic rings. The largest absolute Gasteiger partial charge is 0.342 e. The summed E-state index contributed by atoms with van der Waals surface area (Å²) in [7, 11) is 1.96. The van der Waals surface area contributed by atoms with Gasteiger partial charge in [0.15, 0.2) is 0 Å². The van der Waals surface area contributed by atoms with Crippen LogP contribution in [0.15, 0.2) is 4.52 Å². The van der Waals surface area contributed by atoms with E-state index in [0.29, 0.717) is 17.8 Å². The van der Waals surface area contributed by atoms with Crippen molar-refractivity contribution in [1.29, 1.82) is 0 Å². The van der Waals surface area contributed by atoms with Crippen LogP contribution in [-0.4, -0.2) is 36.8 Å². The Balaban J connectivity index is 2.12. The summed E-state index contributed by atoms with van der Waals surface area (Å²) < 4.78 is 5.30. The van der Waals surface area contributed by atoms with Crippen LogP contribution in [0.4, 0.5) is 5.95 Å². The predicted molar refractivity (Wildman–Crippen MR) is 58.0 cm³/mol. The van der Waals surface area contributed by atoms with Gasteiger partial charge in [0.2, 0.25) is 5.89 Å². The molecule has 1 N–H and O–H groups in total. The van der Waals surface area contributed by atoms with Gasteiger partial charge in [0, 0.05) is 20.1 Å². The summed E-state index contributed by atoms with van der Waals surface area (Å²) in [5, 5.41) is 7.31. The van der Waals surface area contributed by atoms with Crippen molar-refractivity contribution in [2.45, 2.75) is 19.8 Å². The molecular weight excluding hydrogens is 192 g/mol. The van der Waals surface area contributed by atoms with Crippen LogP contribution in [0, 0.1) is 5.92 Å². The molecule has 5 heteroatoms. The molecule has 0 aromatic carbocycles. The molecule has 1 aliphatic rings. The molecule has 1 aliphatic heterocycles. The Morgan fingerprint density at radius 2 is 2.33 bits per heavy atom. The standard InChI is InChI=1S/C10H18N4O/c1-4-14(3)10-12-9(15-13-10)8-6-11-5-7(8)2/h7-8,11H,4-6H2,1-3H3. The maximum Gasteiger partial charge on any atom is 0.265 e. The van der Waals surface area contributed by atoms with Crippen LogP contribution in [0.25, 0.3) is 0 Å². The van der Waals surface area contributed by atoms with Crippen molar-refractivity contribution >= 4 is 5.95 Å². The van der Waals surface area contributed by atoms with Gasteiger partial charge in [0.1, 0.15) is 0 Å². The molecule has 15 heavy (non-hydrogen) atoms. The first-order chi connectivity index (χ1) is 7.22. The third-order valence-corrected chi connectivity index (χ3v) is 3.08. The topological polar surface area (TPSA) is 54.2 Å². The Labute approximate surface area is 89.8 Å². The molecule has 2 unspecified atom stereocenters. The molecule has 1 aromatic heterocycles. The van der Waals surface area contributed by atoms with Gasteiger partial charge in [-0.05, 0) is 24.5 Å². The molecule has 5 nitrogen and oxygen atoms in total. The second-order valence-electron chi connectivity index (χ2n) is 4.19. The Hall–Kier alpha value is -1.10. The lowest BCUT2D eigenvalue weighted by atomic mass is 9.98. The average Bonchev–Trinajstić information content (AvgIpc) is 2.84. The molecular formula is C10H18N4O. The number of hydrogen-bond acceptors (Lipinski definition) is 5. The number of anilines is 1. The van der Waals surface area contributed by atoms with Crippen LogP contribution >= 0.6 is 0 Å². The summed E-state index contributed by atoms with van der Waals surface area (Å²) in [5.74, 6) is 2.40. The van der Waals surface area contributed by atoms with E-state index in [1.807, 2.05) is 11.9 Å². The molecule has 0 radical (unpaired) electrons. The van der Waals surface area contributed by atoms with E-state index in [-0.39, 0.29) is 0 Å². The fraction of sp³-hybridized carbons (Fsp3) is 0.800. The van der Waals surface area contributed by atoms with E-state index in [4.69, 9.17) is 4.52 Å². The molecule has 0 amide bonds. The molecule has 0 saturated carbocycles. The second kappa shape index (κ2) is 4.18. The maximum absolute atomic E-state index is 5.30. The van der Waals surface area contributed by atoms with Crippen LogP contribution in [0.2, 0.25) is 0 Å². The quantitative estimate of drug-likeness (QED) is 0.801. The van der Waals surface area contributed by atoms with E-state index in [2.05, 4.69) is 29.3 Å². The van der Waals surface area contributed by atoms with Gasteiger partial charge in [0.05, 0.1) is 5.92 Å². The first-order valence-electron chi connectivity index (χ1n) is 5.47. The van der Waals surface area contributed by atoms with E-state index in [0.717, 1.165) is 25.5 Å². The summed E-state index contributed by atoms with van der Waals surface area (Å²) in [5.41, 5.74) is 0. The fourth-order valence-corrected chi connectivity index (χ4v) is 1.81. The maximum atomic E-state index is 5.30. The SMILES string of the molecule is CCN(C)c1noc(C2CNCC2C)n1. The van der Waals surface area contributed by atoms with Gasteiger partial charge in [-0.3, -0.25) is 0 Å².